The Kier molecular flexibility index (Phi) is 3.87. The molecule has 21 heavy (non-hydrogen) atoms. The lowest BCUT2D eigenvalue weighted by Crippen LogP contribution is -1.90. The van der Waals surface area contributed by atoms with Gasteiger partial charge in [-0.3, -0.25) is 5.10 Å². The average molecular weight is 407 g/mol. The zero-order valence-electron chi connectivity index (χ0n) is 11.3. The molecular formula is C16H13Br2N3. The van der Waals surface area contributed by atoms with Crippen molar-refractivity contribution < 1.29 is 0 Å². The highest BCUT2D eigenvalue weighted by molar-refractivity contribution is 9.11. The number of anilines is 1. The van der Waals surface area contributed by atoms with Gasteiger partial charge in [-0.05, 0) is 25.1 Å². The first-order valence-electron chi connectivity index (χ1n) is 6.43. The van der Waals surface area contributed by atoms with Crippen molar-refractivity contribution in [1.29, 1.82) is 0 Å². The summed E-state index contributed by atoms with van der Waals surface area (Å²) in [6.07, 6.45) is 0. The van der Waals surface area contributed by atoms with Crippen molar-refractivity contribution in [2.75, 3.05) is 5.73 Å². The minimum atomic E-state index is 0.491. The molecule has 3 rings (SSSR count). The van der Waals surface area contributed by atoms with Crippen molar-refractivity contribution in [3.63, 3.8) is 0 Å². The first kappa shape index (κ1) is 14.4. The molecule has 0 aliphatic carbocycles. The molecule has 0 aliphatic heterocycles. The Labute approximate surface area is 139 Å². The van der Waals surface area contributed by atoms with Crippen LogP contribution in [0.25, 0.3) is 22.4 Å². The number of rotatable bonds is 2. The van der Waals surface area contributed by atoms with Gasteiger partial charge in [0.2, 0.25) is 0 Å². The number of nitrogen functional groups attached to an aromatic ring is 1. The number of aromatic amines is 1. The Hall–Kier alpha value is -1.59. The summed E-state index contributed by atoms with van der Waals surface area (Å²) < 4.78 is 1.99. The van der Waals surface area contributed by atoms with Crippen LogP contribution in [0.15, 0.2) is 51.4 Å². The molecule has 0 bridgehead atoms. The van der Waals surface area contributed by atoms with Gasteiger partial charge in [0.1, 0.15) is 0 Å². The number of H-pyrrole nitrogens is 1. The molecule has 0 unspecified atom stereocenters. The lowest BCUT2D eigenvalue weighted by molar-refractivity contribution is 1.10. The van der Waals surface area contributed by atoms with E-state index in [0.717, 1.165) is 31.3 Å². The maximum absolute atomic E-state index is 6.09. The molecule has 5 heteroatoms. The first-order valence-corrected chi connectivity index (χ1v) is 8.02. The van der Waals surface area contributed by atoms with Crippen LogP contribution in [0.1, 0.15) is 5.56 Å². The van der Waals surface area contributed by atoms with Gasteiger partial charge >= 0.3 is 0 Å². The van der Waals surface area contributed by atoms with E-state index in [-0.39, 0.29) is 0 Å². The zero-order valence-corrected chi connectivity index (χ0v) is 14.5. The van der Waals surface area contributed by atoms with E-state index in [9.17, 15) is 0 Å². The minimum Gasteiger partial charge on any atom is -0.382 e. The molecule has 0 aliphatic rings. The molecular weight excluding hydrogens is 394 g/mol. The van der Waals surface area contributed by atoms with Crippen LogP contribution in [-0.2, 0) is 0 Å². The monoisotopic (exact) mass is 405 g/mol. The number of aromatic nitrogens is 2. The van der Waals surface area contributed by atoms with Crippen molar-refractivity contribution in [3.05, 3.63) is 57.0 Å². The van der Waals surface area contributed by atoms with Crippen molar-refractivity contribution in [2.45, 2.75) is 6.92 Å². The molecule has 3 aromatic rings. The van der Waals surface area contributed by atoms with Crippen LogP contribution in [0.4, 0.5) is 5.82 Å². The Morgan fingerprint density at radius 1 is 1.00 bits per heavy atom. The van der Waals surface area contributed by atoms with Gasteiger partial charge in [0.05, 0.1) is 11.3 Å². The van der Waals surface area contributed by atoms with Crippen LogP contribution in [0.5, 0.6) is 0 Å². The molecule has 2 aromatic carbocycles. The van der Waals surface area contributed by atoms with Crippen LogP contribution in [0.3, 0.4) is 0 Å². The van der Waals surface area contributed by atoms with E-state index >= 15 is 0 Å². The fraction of sp³-hybridized carbons (Fsp3) is 0.0625. The lowest BCUT2D eigenvalue weighted by atomic mass is 10.00. The van der Waals surface area contributed by atoms with Gasteiger partial charge in [0.25, 0.3) is 0 Å². The Morgan fingerprint density at radius 3 is 2.48 bits per heavy atom. The van der Waals surface area contributed by atoms with Crippen LogP contribution in [0, 0.1) is 6.92 Å². The third-order valence-corrected chi connectivity index (χ3v) is 4.71. The van der Waals surface area contributed by atoms with E-state index < -0.39 is 0 Å². The number of nitrogens with one attached hydrogen (secondary N) is 1. The first-order chi connectivity index (χ1) is 10.1. The third-order valence-electron chi connectivity index (χ3n) is 3.33. The Morgan fingerprint density at radius 2 is 1.71 bits per heavy atom. The highest BCUT2D eigenvalue weighted by Gasteiger charge is 2.18. The normalized spacial score (nSPS) is 10.8. The van der Waals surface area contributed by atoms with Crippen LogP contribution in [0.2, 0.25) is 0 Å². The van der Waals surface area contributed by atoms with Crippen molar-refractivity contribution in [1.82, 2.24) is 10.2 Å². The van der Waals surface area contributed by atoms with Crippen LogP contribution < -0.4 is 5.73 Å². The highest BCUT2D eigenvalue weighted by atomic mass is 79.9. The quantitative estimate of drug-likeness (QED) is 0.617. The lowest BCUT2D eigenvalue weighted by Gasteiger charge is -2.09. The standard InChI is InChI=1S/C16H13Br2N3/c1-9-6-7-13(18)11(8-9)15-14(16(19)21-20-15)10-4-2-3-5-12(10)17/h2-8H,1H3,(H3,19,20,21). The topological polar surface area (TPSA) is 54.7 Å². The van der Waals surface area contributed by atoms with Gasteiger partial charge in [-0.1, -0.05) is 61.7 Å². The minimum absolute atomic E-state index is 0.491. The summed E-state index contributed by atoms with van der Waals surface area (Å²) in [6, 6.07) is 14.2. The number of hydrogen-bond donors (Lipinski definition) is 2. The van der Waals surface area contributed by atoms with Gasteiger partial charge in [0, 0.05) is 20.1 Å². The summed E-state index contributed by atoms with van der Waals surface area (Å²) in [6.45, 7) is 2.06. The second kappa shape index (κ2) is 5.66. The summed E-state index contributed by atoms with van der Waals surface area (Å²) in [5.74, 6) is 0.491. The molecule has 0 fully saturated rings. The average Bonchev–Trinajstić information content (AvgIpc) is 2.84. The molecule has 106 valence electrons. The fourth-order valence-corrected chi connectivity index (χ4v) is 3.25. The summed E-state index contributed by atoms with van der Waals surface area (Å²) in [5, 5.41) is 7.25. The summed E-state index contributed by atoms with van der Waals surface area (Å²) in [4.78, 5) is 0. The molecule has 3 nitrogen and oxygen atoms in total. The number of hydrogen-bond acceptors (Lipinski definition) is 2. The fourth-order valence-electron chi connectivity index (χ4n) is 2.32. The van der Waals surface area contributed by atoms with E-state index in [0.29, 0.717) is 5.82 Å². The highest BCUT2D eigenvalue weighted by Crippen LogP contribution is 2.40. The van der Waals surface area contributed by atoms with Gasteiger partial charge in [-0.15, -0.1) is 0 Å². The molecule has 0 radical (unpaired) electrons. The smallest absolute Gasteiger partial charge is 0.153 e. The van der Waals surface area contributed by atoms with Crippen molar-refractivity contribution >= 4 is 37.7 Å². The van der Waals surface area contributed by atoms with Crippen molar-refractivity contribution in [2.24, 2.45) is 0 Å². The maximum Gasteiger partial charge on any atom is 0.153 e. The predicted molar refractivity (Wildman–Crippen MR) is 94.0 cm³/mol. The molecule has 3 N–H and O–H groups in total. The number of halogens is 2. The summed E-state index contributed by atoms with van der Waals surface area (Å²) >= 11 is 7.18. The molecule has 0 saturated heterocycles. The van der Waals surface area contributed by atoms with E-state index in [2.05, 4.69) is 61.1 Å². The second-order valence-electron chi connectivity index (χ2n) is 4.82. The Bertz CT molecular complexity index is 809. The van der Waals surface area contributed by atoms with Crippen LogP contribution >= 0.6 is 31.9 Å². The summed E-state index contributed by atoms with van der Waals surface area (Å²) in [7, 11) is 0. The van der Waals surface area contributed by atoms with Gasteiger partial charge in [-0.25, -0.2) is 0 Å². The van der Waals surface area contributed by atoms with Gasteiger partial charge < -0.3 is 5.73 Å². The SMILES string of the molecule is Cc1ccc(Br)c(-c2[nH]nc(N)c2-c2ccccc2Br)c1. The third kappa shape index (κ3) is 2.63. The predicted octanol–water partition coefficient (Wildman–Crippen LogP) is 5.16. The Balaban J connectivity index is 2.27. The molecule has 1 heterocycles. The zero-order chi connectivity index (χ0) is 15.0. The van der Waals surface area contributed by atoms with E-state index in [4.69, 9.17) is 5.73 Å². The maximum atomic E-state index is 6.09. The van der Waals surface area contributed by atoms with E-state index in [1.54, 1.807) is 0 Å². The largest absolute Gasteiger partial charge is 0.382 e. The van der Waals surface area contributed by atoms with Gasteiger partial charge in [0.15, 0.2) is 5.82 Å². The van der Waals surface area contributed by atoms with E-state index in [1.165, 1.54) is 5.56 Å². The molecule has 1 aromatic heterocycles. The van der Waals surface area contributed by atoms with E-state index in [1.807, 2.05) is 30.3 Å². The number of nitrogens with zero attached hydrogens (tertiary/aromatic N) is 1. The molecule has 0 atom stereocenters. The molecule has 0 saturated carbocycles. The van der Waals surface area contributed by atoms with Crippen molar-refractivity contribution in [3.8, 4) is 22.4 Å². The molecule has 0 spiro atoms. The van der Waals surface area contributed by atoms with Gasteiger partial charge in [-0.2, -0.15) is 5.10 Å². The second-order valence-corrected chi connectivity index (χ2v) is 6.53. The number of aryl methyl sites for hydroxylation is 1. The number of benzene rings is 2. The molecule has 0 amide bonds. The number of nitrogens with two attached hydrogens (primary N) is 1. The van der Waals surface area contributed by atoms with Crippen LogP contribution in [-0.4, -0.2) is 10.2 Å². The summed E-state index contributed by atoms with van der Waals surface area (Å²) in [5.41, 5.74) is 11.2.